The molecule has 5 rings (SSSR count). The van der Waals surface area contributed by atoms with E-state index in [1.165, 1.54) is 37.9 Å². The van der Waals surface area contributed by atoms with E-state index in [1.807, 2.05) is 4.68 Å². The molecule has 5 aromatic rings. The normalized spacial score (nSPS) is 11.9. The molecular formula is C26H27N4OSSi. The first kappa shape index (κ1) is 22.2. The van der Waals surface area contributed by atoms with Gasteiger partial charge in [0.1, 0.15) is 0 Å². The van der Waals surface area contributed by atoms with Gasteiger partial charge in [-0.25, -0.2) is 4.68 Å². The van der Waals surface area contributed by atoms with Crippen LogP contribution in [0.5, 0.6) is 0 Å². The number of benzene rings is 4. The van der Waals surface area contributed by atoms with E-state index in [2.05, 4.69) is 88.6 Å². The molecule has 0 saturated heterocycles. The highest BCUT2D eigenvalue weighted by Crippen LogP contribution is 2.36. The van der Waals surface area contributed by atoms with Crippen molar-refractivity contribution in [2.45, 2.75) is 32.0 Å². The zero-order valence-corrected chi connectivity index (χ0v) is 20.5. The number of hydrogen-bond donors (Lipinski definition) is 1. The second-order valence-electron chi connectivity index (χ2n) is 8.59. The Balaban J connectivity index is 1.39. The fourth-order valence-electron chi connectivity index (χ4n) is 4.76. The SMILES string of the molecule is O=[Si]CCCN(CCCS)Cc1cn(Cc2ccc3ccc4cccc5ccc2c3c45)nn1. The molecule has 0 bridgehead atoms. The van der Waals surface area contributed by atoms with Crippen LogP contribution in [0.15, 0.2) is 60.8 Å². The molecule has 0 aliphatic rings. The summed E-state index contributed by atoms with van der Waals surface area (Å²) in [6.45, 7) is 3.33. The summed E-state index contributed by atoms with van der Waals surface area (Å²) >= 11 is 4.35. The number of aromatic nitrogens is 3. The zero-order chi connectivity index (χ0) is 22.6. The molecule has 1 heterocycles. The van der Waals surface area contributed by atoms with Gasteiger partial charge in [-0.2, -0.15) is 12.6 Å². The van der Waals surface area contributed by atoms with Gasteiger partial charge in [-0.15, -0.1) is 5.10 Å². The standard InChI is InChI=1S/C26H27N4OSSi/c31-33-15-3-13-29(12-2-14-32)17-23-18-30(28-27-23)16-22-9-8-21-7-6-19-4-1-5-20-10-11-24(22)26(21)25(19)20/h1,4-11,18,32H,2-3,12-17H2. The summed E-state index contributed by atoms with van der Waals surface area (Å²) in [7, 11) is -0.225. The molecule has 0 unspecified atom stereocenters. The topological polar surface area (TPSA) is 51.0 Å². The molecule has 0 amide bonds. The molecule has 4 aromatic carbocycles. The van der Waals surface area contributed by atoms with Crippen LogP contribution < -0.4 is 0 Å². The number of thiol groups is 1. The van der Waals surface area contributed by atoms with Gasteiger partial charge in [0.15, 0.2) is 0 Å². The Kier molecular flexibility index (Phi) is 6.80. The largest absolute Gasteiger partial charge is 0.385 e. The van der Waals surface area contributed by atoms with Gasteiger partial charge in [-0.1, -0.05) is 59.8 Å². The van der Waals surface area contributed by atoms with Crippen LogP contribution in [0.1, 0.15) is 24.1 Å². The highest BCUT2D eigenvalue weighted by molar-refractivity contribution is 7.80. The molecule has 5 nitrogen and oxygen atoms in total. The van der Waals surface area contributed by atoms with Crippen molar-refractivity contribution < 1.29 is 4.46 Å². The monoisotopic (exact) mass is 471 g/mol. The van der Waals surface area contributed by atoms with Crippen molar-refractivity contribution in [1.29, 1.82) is 0 Å². The van der Waals surface area contributed by atoms with Crippen molar-refractivity contribution >= 4 is 54.4 Å². The maximum atomic E-state index is 10.8. The van der Waals surface area contributed by atoms with Gasteiger partial charge in [-0.05, 0) is 75.6 Å². The Hall–Kier alpha value is -2.61. The third-order valence-corrected chi connectivity index (χ3v) is 7.18. The van der Waals surface area contributed by atoms with Gasteiger partial charge in [0, 0.05) is 6.54 Å². The number of rotatable bonds is 11. The molecule has 0 spiro atoms. The predicted molar refractivity (Wildman–Crippen MR) is 139 cm³/mol. The summed E-state index contributed by atoms with van der Waals surface area (Å²) in [5.41, 5.74) is 2.22. The van der Waals surface area contributed by atoms with Crippen LogP contribution in [-0.4, -0.2) is 48.1 Å². The summed E-state index contributed by atoms with van der Waals surface area (Å²) in [4.78, 5) is 2.36. The Bertz CT molecular complexity index is 1370. The van der Waals surface area contributed by atoms with Crippen molar-refractivity contribution in [3.63, 3.8) is 0 Å². The molecule has 0 fully saturated rings. The van der Waals surface area contributed by atoms with Gasteiger partial charge >= 0.3 is 9.41 Å². The average Bonchev–Trinajstić information content (AvgIpc) is 3.28. The van der Waals surface area contributed by atoms with Gasteiger partial charge in [0.2, 0.25) is 0 Å². The van der Waals surface area contributed by atoms with Crippen molar-refractivity contribution in [3.05, 3.63) is 72.1 Å². The van der Waals surface area contributed by atoms with Gasteiger partial charge < -0.3 is 4.46 Å². The fourth-order valence-corrected chi connectivity index (χ4v) is 5.21. The highest BCUT2D eigenvalue weighted by Gasteiger charge is 2.13. The predicted octanol–water partition coefficient (Wildman–Crippen LogP) is 5.20. The molecule has 0 aliphatic carbocycles. The van der Waals surface area contributed by atoms with Crippen molar-refractivity contribution in [2.24, 2.45) is 0 Å². The lowest BCUT2D eigenvalue weighted by Crippen LogP contribution is -2.26. The molecule has 7 heteroatoms. The van der Waals surface area contributed by atoms with Crippen LogP contribution in [0.3, 0.4) is 0 Å². The third-order valence-electron chi connectivity index (χ3n) is 6.31. The van der Waals surface area contributed by atoms with Crippen LogP contribution in [0.2, 0.25) is 6.04 Å². The van der Waals surface area contributed by atoms with Gasteiger partial charge in [-0.3, -0.25) is 4.90 Å². The lowest BCUT2D eigenvalue weighted by molar-refractivity contribution is 0.264. The van der Waals surface area contributed by atoms with E-state index in [9.17, 15) is 4.46 Å². The van der Waals surface area contributed by atoms with E-state index in [-0.39, 0.29) is 9.41 Å². The lowest BCUT2D eigenvalue weighted by Gasteiger charge is -2.20. The quantitative estimate of drug-likeness (QED) is 0.124. The van der Waals surface area contributed by atoms with Gasteiger partial charge in [0.25, 0.3) is 0 Å². The smallest absolute Gasteiger partial charge is 0.325 e. The molecule has 0 N–H and O–H groups in total. The molecule has 1 aromatic heterocycles. The van der Waals surface area contributed by atoms with E-state index in [1.54, 1.807) is 0 Å². The van der Waals surface area contributed by atoms with Crippen molar-refractivity contribution in [1.82, 2.24) is 19.9 Å². The maximum Gasteiger partial charge on any atom is 0.325 e. The van der Waals surface area contributed by atoms with E-state index in [0.29, 0.717) is 6.54 Å². The second-order valence-corrected chi connectivity index (χ2v) is 9.83. The highest BCUT2D eigenvalue weighted by atomic mass is 32.1. The summed E-state index contributed by atoms with van der Waals surface area (Å²) in [5, 5.41) is 16.7. The summed E-state index contributed by atoms with van der Waals surface area (Å²) < 4.78 is 12.8. The minimum Gasteiger partial charge on any atom is -0.385 e. The summed E-state index contributed by atoms with van der Waals surface area (Å²) in [6.07, 6.45) is 4.02. The molecular weight excluding hydrogens is 444 g/mol. The van der Waals surface area contributed by atoms with Crippen molar-refractivity contribution in [2.75, 3.05) is 18.8 Å². The Morgan fingerprint density at radius 3 is 2.42 bits per heavy atom. The van der Waals surface area contributed by atoms with Crippen LogP contribution in [-0.2, 0) is 17.6 Å². The Morgan fingerprint density at radius 1 is 0.909 bits per heavy atom. The third kappa shape index (κ3) is 4.71. The van der Waals surface area contributed by atoms with Crippen LogP contribution in [0, 0.1) is 0 Å². The molecule has 167 valence electrons. The Morgan fingerprint density at radius 2 is 1.64 bits per heavy atom. The molecule has 0 atom stereocenters. The molecule has 0 aliphatic heterocycles. The first-order valence-corrected chi connectivity index (χ1v) is 13.2. The average molecular weight is 472 g/mol. The zero-order valence-electron chi connectivity index (χ0n) is 18.6. The van der Waals surface area contributed by atoms with Crippen LogP contribution >= 0.6 is 12.6 Å². The fraction of sp³-hybridized carbons (Fsp3) is 0.308. The Labute approximate surface area is 201 Å². The van der Waals surface area contributed by atoms with Crippen LogP contribution in [0.4, 0.5) is 0 Å². The van der Waals surface area contributed by atoms with E-state index in [0.717, 1.165) is 50.0 Å². The molecule has 33 heavy (non-hydrogen) atoms. The van der Waals surface area contributed by atoms with E-state index >= 15 is 0 Å². The summed E-state index contributed by atoms with van der Waals surface area (Å²) in [6, 6.07) is 20.6. The van der Waals surface area contributed by atoms with Crippen LogP contribution in [0.25, 0.3) is 32.3 Å². The number of nitrogens with zero attached hydrogens (tertiary/aromatic N) is 4. The lowest BCUT2D eigenvalue weighted by atomic mass is 9.92. The first-order chi connectivity index (χ1) is 16.3. The minimum atomic E-state index is -0.225. The summed E-state index contributed by atoms with van der Waals surface area (Å²) in [5.74, 6) is 0.862. The maximum absolute atomic E-state index is 10.8. The van der Waals surface area contributed by atoms with E-state index < -0.39 is 0 Å². The molecule has 0 saturated carbocycles. The van der Waals surface area contributed by atoms with E-state index in [4.69, 9.17) is 0 Å². The molecule has 1 radical (unpaired) electrons. The minimum absolute atomic E-state index is 0.225. The second kappa shape index (κ2) is 10.1. The first-order valence-electron chi connectivity index (χ1n) is 11.5. The number of hydrogen-bond acceptors (Lipinski definition) is 5. The van der Waals surface area contributed by atoms with Crippen molar-refractivity contribution in [3.8, 4) is 0 Å². The van der Waals surface area contributed by atoms with Gasteiger partial charge in [0.05, 0.1) is 18.4 Å².